The van der Waals surface area contributed by atoms with Crippen LogP contribution in [0.5, 0.6) is 0 Å². The van der Waals surface area contributed by atoms with Gasteiger partial charge in [0.1, 0.15) is 4.88 Å². The molecule has 0 aliphatic heterocycles. The van der Waals surface area contributed by atoms with Gasteiger partial charge in [0.2, 0.25) is 0 Å². The molecule has 0 saturated carbocycles. The molecule has 2 rings (SSSR count). The van der Waals surface area contributed by atoms with Gasteiger partial charge in [-0.05, 0) is 24.6 Å². The number of anilines is 2. The summed E-state index contributed by atoms with van der Waals surface area (Å²) in [6, 6.07) is 5.79. The number of halogens is 1. The Morgan fingerprint density at radius 2 is 2.10 bits per heavy atom. The summed E-state index contributed by atoms with van der Waals surface area (Å²) in [6.45, 7) is 3.35. The van der Waals surface area contributed by atoms with Crippen LogP contribution in [0.1, 0.15) is 32.6 Å². The highest BCUT2D eigenvalue weighted by molar-refractivity contribution is 9.10. The molecule has 0 radical (unpaired) electrons. The van der Waals surface area contributed by atoms with E-state index in [1.165, 1.54) is 14.0 Å². The maximum Gasteiger partial charge on any atom is 0.358 e. The van der Waals surface area contributed by atoms with Crippen LogP contribution < -0.4 is 5.32 Å². The highest BCUT2D eigenvalue weighted by Crippen LogP contribution is 2.29. The van der Waals surface area contributed by atoms with E-state index < -0.39 is 5.97 Å². The topological polar surface area (TPSA) is 68.3 Å². The van der Waals surface area contributed by atoms with Gasteiger partial charge in [0.25, 0.3) is 0 Å². The van der Waals surface area contributed by atoms with Gasteiger partial charge in [-0.3, -0.25) is 4.79 Å². The fourth-order valence-electron chi connectivity index (χ4n) is 1.69. The van der Waals surface area contributed by atoms with Crippen LogP contribution in [0.15, 0.2) is 22.7 Å². The summed E-state index contributed by atoms with van der Waals surface area (Å²) in [4.78, 5) is 27.7. The largest absolute Gasteiger partial charge is 0.464 e. The van der Waals surface area contributed by atoms with Crippen LogP contribution in [0.25, 0.3) is 0 Å². The normalized spacial score (nSPS) is 10.3. The number of aromatic nitrogens is 1. The summed E-state index contributed by atoms with van der Waals surface area (Å²) < 4.78 is 5.57. The van der Waals surface area contributed by atoms with E-state index in [9.17, 15) is 9.59 Å². The van der Waals surface area contributed by atoms with E-state index in [-0.39, 0.29) is 16.4 Å². The minimum atomic E-state index is -0.615. The van der Waals surface area contributed by atoms with E-state index in [2.05, 4.69) is 31.0 Å². The number of ketones is 1. The first-order valence-corrected chi connectivity index (χ1v) is 7.66. The van der Waals surface area contributed by atoms with Crippen molar-refractivity contribution in [3.05, 3.63) is 38.8 Å². The monoisotopic (exact) mass is 368 g/mol. The number of Topliss-reactive ketones (excluding diaryl/α,β-unsaturated/α-hetero) is 1. The predicted molar refractivity (Wildman–Crippen MR) is 85.6 cm³/mol. The molecule has 1 heterocycles. The molecule has 2 aromatic rings. The molecule has 0 fully saturated rings. The number of hydrogen-bond acceptors (Lipinski definition) is 6. The molecule has 0 atom stereocenters. The molecule has 1 aromatic carbocycles. The first-order chi connectivity index (χ1) is 9.92. The summed E-state index contributed by atoms with van der Waals surface area (Å²) in [6.07, 6.45) is 0. The van der Waals surface area contributed by atoms with E-state index in [1.807, 2.05) is 25.1 Å². The molecule has 0 saturated heterocycles. The van der Waals surface area contributed by atoms with Gasteiger partial charge in [0.15, 0.2) is 16.6 Å². The average Bonchev–Trinajstić information content (AvgIpc) is 2.86. The fraction of sp³-hybridized carbons (Fsp3) is 0.214. The van der Waals surface area contributed by atoms with Gasteiger partial charge >= 0.3 is 5.97 Å². The molecule has 1 aromatic heterocycles. The number of thiazole rings is 1. The zero-order valence-electron chi connectivity index (χ0n) is 11.7. The lowest BCUT2D eigenvalue weighted by Gasteiger charge is -2.06. The lowest BCUT2D eigenvalue weighted by Crippen LogP contribution is -2.07. The molecule has 21 heavy (non-hydrogen) atoms. The predicted octanol–water partition coefficient (Wildman–Crippen LogP) is 3.95. The smallest absolute Gasteiger partial charge is 0.358 e. The van der Waals surface area contributed by atoms with E-state index in [1.54, 1.807) is 0 Å². The van der Waals surface area contributed by atoms with E-state index >= 15 is 0 Å². The van der Waals surface area contributed by atoms with Crippen LogP contribution in [0.2, 0.25) is 0 Å². The van der Waals surface area contributed by atoms with Gasteiger partial charge in [-0.2, -0.15) is 0 Å². The fourth-order valence-corrected chi connectivity index (χ4v) is 2.91. The summed E-state index contributed by atoms with van der Waals surface area (Å²) in [5.41, 5.74) is 1.92. The molecular weight excluding hydrogens is 356 g/mol. The highest BCUT2D eigenvalue weighted by Gasteiger charge is 2.22. The molecule has 0 aliphatic rings. The lowest BCUT2D eigenvalue weighted by atomic mass is 10.2. The Morgan fingerprint density at radius 1 is 1.38 bits per heavy atom. The second-order valence-electron chi connectivity index (χ2n) is 4.33. The number of carbonyl (C=O) groups is 2. The first-order valence-electron chi connectivity index (χ1n) is 6.05. The number of nitrogens with one attached hydrogen (secondary N) is 1. The van der Waals surface area contributed by atoms with Crippen molar-refractivity contribution in [1.82, 2.24) is 4.98 Å². The lowest BCUT2D eigenvalue weighted by molar-refractivity contribution is 0.0591. The summed E-state index contributed by atoms with van der Waals surface area (Å²) in [5.74, 6) is -0.831. The number of nitrogens with zero attached hydrogens (tertiary/aromatic N) is 1. The van der Waals surface area contributed by atoms with Crippen molar-refractivity contribution in [2.75, 3.05) is 12.4 Å². The van der Waals surface area contributed by atoms with E-state index in [0.717, 1.165) is 27.1 Å². The van der Waals surface area contributed by atoms with Gasteiger partial charge in [-0.1, -0.05) is 33.3 Å². The number of aryl methyl sites for hydroxylation is 1. The van der Waals surface area contributed by atoms with Gasteiger partial charge in [-0.25, -0.2) is 9.78 Å². The molecule has 7 heteroatoms. The van der Waals surface area contributed by atoms with E-state index in [0.29, 0.717) is 5.13 Å². The second kappa shape index (κ2) is 6.36. The van der Waals surface area contributed by atoms with Crippen molar-refractivity contribution in [1.29, 1.82) is 0 Å². The molecule has 1 N–H and O–H groups in total. The number of benzene rings is 1. The number of methoxy groups -OCH3 is 1. The Morgan fingerprint density at radius 3 is 2.71 bits per heavy atom. The highest BCUT2D eigenvalue weighted by atomic mass is 79.9. The summed E-state index contributed by atoms with van der Waals surface area (Å²) in [7, 11) is 1.26. The first kappa shape index (κ1) is 15.7. The quantitative estimate of drug-likeness (QED) is 0.653. The second-order valence-corrected chi connectivity index (χ2v) is 6.24. The van der Waals surface area contributed by atoms with Crippen LogP contribution in [-0.2, 0) is 4.74 Å². The molecule has 0 bridgehead atoms. The van der Waals surface area contributed by atoms with Gasteiger partial charge in [0, 0.05) is 17.1 Å². The van der Waals surface area contributed by atoms with Crippen LogP contribution >= 0.6 is 27.3 Å². The molecule has 0 unspecified atom stereocenters. The third-order valence-electron chi connectivity index (χ3n) is 2.77. The van der Waals surface area contributed by atoms with Crippen molar-refractivity contribution in [3.63, 3.8) is 0 Å². The van der Waals surface area contributed by atoms with Gasteiger partial charge in [-0.15, -0.1) is 0 Å². The van der Waals surface area contributed by atoms with Crippen molar-refractivity contribution >= 4 is 49.8 Å². The Hall–Kier alpha value is -1.73. The third-order valence-corrected chi connectivity index (χ3v) is 4.33. The summed E-state index contributed by atoms with van der Waals surface area (Å²) in [5, 5.41) is 3.60. The van der Waals surface area contributed by atoms with Gasteiger partial charge < -0.3 is 10.1 Å². The van der Waals surface area contributed by atoms with Crippen LogP contribution in [-0.4, -0.2) is 23.8 Å². The number of ether oxygens (including phenoxy) is 1. The van der Waals surface area contributed by atoms with E-state index in [4.69, 9.17) is 0 Å². The zero-order valence-corrected chi connectivity index (χ0v) is 14.1. The number of carbonyl (C=O) groups excluding carboxylic acids is 2. The number of hydrogen-bond donors (Lipinski definition) is 1. The minimum Gasteiger partial charge on any atom is -0.464 e. The standard InChI is InChI=1S/C14H13BrN2O3S/c1-7-4-5-9(15)6-10(7)16-14-17-11(13(19)20-3)12(21-14)8(2)18/h4-6H,1-3H3,(H,16,17). The molecule has 110 valence electrons. The molecule has 5 nitrogen and oxygen atoms in total. The summed E-state index contributed by atoms with van der Waals surface area (Å²) >= 11 is 4.53. The third kappa shape index (κ3) is 3.48. The molecule has 0 amide bonds. The van der Waals surface area contributed by atoms with Crippen molar-refractivity contribution in [3.8, 4) is 0 Å². The SMILES string of the molecule is COC(=O)c1nc(Nc2cc(Br)ccc2C)sc1C(C)=O. The van der Waals surface area contributed by atoms with Crippen LogP contribution in [0.4, 0.5) is 10.8 Å². The maximum absolute atomic E-state index is 11.7. The molecular formula is C14H13BrN2O3S. The Bertz CT molecular complexity index is 712. The van der Waals surface area contributed by atoms with Crippen LogP contribution in [0.3, 0.4) is 0 Å². The zero-order chi connectivity index (χ0) is 15.6. The van der Waals surface area contributed by atoms with Crippen molar-refractivity contribution < 1.29 is 14.3 Å². The Kier molecular flexibility index (Phi) is 4.74. The van der Waals surface area contributed by atoms with Crippen LogP contribution in [0, 0.1) is 6.92 Å². The Balaban J connectivity index is 2.39. The van der Waals surface area contributed by atoms with Crippen molar-refractivity contribution in [2.45, 2.75) is 13.8 Å². The maximum atomic E-state index is 11.7. The Labute approximate surface area is 134 Å². The number of esters is 1. The van der Waals surface area contributed by atoms with Gasteiger partial charge in [0.05, 0.1) is 7.11 Å². The van der Waals surface area contributed by atoms with Crippen molar-refractivity contribution in [2.24, 2.45) is 0 Å². The minimum absolute atomic E-state index is 0.0464. The molecule has 0 spiro atoms. The average molecular weight is 369 g/mol. The number of rotatable bonds is 4. The molecule has 0 aliphatic carbocycles.